The Balaban J connectivity index is 1.67. The smallest absolute Gasteiger partial charge is 0.225 e. The van der Waals surface area contributed by atoms with Crippen molar-refractivity contribution in [1.82, 2.24) is 4.98 Å². The Morgan fingerprint density at radius 3 is 2.32 bits per heavy atom. The number of aromatic nitrogens is 1. The second-order valence-electron chi connectivity index (χ2n) is 6.05. The van der Waals surface area contributed by atoms with Crippen LogP contribution in [0.15, 0.2) is 29.6 Å². The van der Waals surface area contributed by atoms with Crippen LogP contribution in [0.3, 0.4) is 0 Å². The Bertz CT molecular complexity index is 730. The molecule has 2 saturated carbocycles. The van der Waals surface area contributed by atoms with Crippen LogP contribution in [-0.4, -0.2) is 16.6 Å². The lowest BCUT2D eigenvalue weighted by Gasteiger charge is -2.23. The molecular weight excluding hydrogens is 318 g/mol. The highest BCUT2D eigenvalue weighted by atomic mass is 35.5. The number of nitrogens with zero attached hydrogens (tertiary/aromatic N) is 1. The summed E-state index contributed by atoms with van der Waals surface area (Å²) in [6.07, 6.45) is 2.48. The van der Waals surface area contributed by atoms with E-state index < -0.39 is 5.92 Å². The Hall–Kier alpha value is -1.52. The zero-order chi connectivity index (χ0) is 15.3. The number of carbonyl (C=O) groups excluding carboxylic acids is 2. The average Bonchev–Trinajstić information content (AvgIpc) is 3.15. The lowest BCUT2D eigenvalue weighted by Crippen LogP contribution is -2.34. The number of Topliss-reactive ketones (excluding diaryl/α,β-unsaturated/α-hetero) is 2. The Labute approximate surface area is 137 Å². The van der Waals surface area contributed by atoms with Crippen molar-refractivity contribution in [3.8, 4) is 10.6 Å². The molecule has 0 N–H and O–H groups in total. The molecule has 4 rings (SSSR count). The summed E-state index contributed by atoms with van der Waals surface area (Å²) >= 11 is 6.57. The molecule has 5 heteroatoms. The first-order valence-electron chi connectivity index (χ1n) is 7.44. The molecular formula is C17H15ClNO2S+. The quantitative estimate of drug-likeness (QED) is 0.794. The van der Waals surface area contributed by atoms with E-state index in [4.69, 9.17) is 11.6 Å². The van der Waals surface area contributed by atoms with Crippen molar-refractivity contribution in [1.29, 1.82) is 0 Å². The predicted molar refractivity (Wildman–Crippen MR) is 81.7 cm³/mol. The highest BCUT2D eigenvalue weighted by molar-refractivity contribution is 7.13. The maximum Gasteiger partial charge on any atom is 0.225 e. The maximum absolute atomic E-state index is 12.5. The van der Waals surface area contributed by atoms with Gasteiger partial charge in [0.05, 0.1) is 5.69 Å². The number of halogens is 1. The van der Waals surface area contributed by atoms with Gasteiger partial charge in [-0.15, -0.1) is 11.3 Å². The fourth-order valence-electron chi connectivity index (χ4n) is 3.55. The lowest BCUT2D eigenvalue weighted by atomic mass is 9.77. The zero-order valence-electron chi connectivity index (χ0n) is 11.8. The van der Waals surface area contributed by atoms with Gasteiger partial charge in [-0.2, -0.15) is 0 Å². The number of thiazole rings is 1. The van der Waals surface area contributed by atoms with E-state index in [9.17, 15) is 9.59 Å². The molecule has 2 bridgehead atoms. The van der Waals surface area contributed by atoms with Crippen LogP contribution in [0.2, 0.25) is 5.02 Å². The largest absolute Gasteiger partial charge is 0.298 e. The van der Waals surface area contributed by atoms with Gasteiger partial charge in [0.2, 0.25) is 5.02 Å². The van der Waals surface area contributed by atoms with Crippen LogP contribution in [0.1, 0.15) is 30.9 Å². The molecule has 2 aliphatic carbocycles. The molecule has 1 heterocycles. The molecule has 0 spiro atoms. The van der Waals surface area contributed by atoms with Gasteiger partial charge in [-0.05, 0) is 31.4 Å². The van der Waals surface area contributed by atoms with Crippen molar-refractivity contribution < 1.29 is 21.2 Å². The molecule has 0 saturated heterocycles. The molecule has 112 valence electrons. The molecule has 3 nitrogen and oxygen atoms in total. The second kappa shape index (κ2) is 5.28. The average molecular weight is 333 g/mol. The summed E-state index contributed by atoms with van der Waals surface area (Å²) in [6, 6.07) is 7.59. The van der Waals surface area contributed by atoms with Gasteiger partial charge in [-0.1, -0.05) is 0 Å². The number of hydrogen-bond donors (Lipinski definition) is 0. The Morgan fingerprint density at radius 1 is 1.05 bits per heavy atom. The third kappa shape index (κ3) is 2.22. The molecule has 3 atom stereocenters. The Kier molecular flexibility index (Phi) is 3.39. The topological polar surface area (TPSA) is 47.0 Å². The van der Waals surface area contributed by atoms with Gasteiger partial charge in [-0.25, -0.2) is 4.98 Å². The van der Waals surface area contributed by atoms with Crippen LogP contribution in [0.4, 0.5) is 0 Å². The number of fused-ring (bicyclic) bond motifs is 2. The monoisotopic (exact) mass is 332 g/mol. The molecule has 2 aliphatic rings. The van der Waals surface area contributed by atoms with Crippen molar-refractivity contribution in [2.75, 3.05) is 0 Å². The molecule has 0 radical (unpaired) electrons. The van der Waals surface area contributed by atoms with Crippen LogP contribution in [0.5, 0.6) is 0 Å². The van der Waals surface area contributed by atoms with E-state index in [0.717, 1.165) is 34.9 Å². The molecule has 1 aromatic heterocycles. The second-order valence-corrected chi connectivity index (χ2v) is 7.38. The van der Waals surface area contributed by atoms with Gasteiger partial charge < -0.3 is 0 Å². The zero-order valence-corrected chi connectivity index (χ0v) is 13.5. The van der Waals surface area contributed by atoms with Crippen LogP contribution < -0.4 is 0 Å². The van der Waals surface area contributed by atoms with Crippen LogP contribution >= 0.6 is 11.3 Å². The molecule has 0 amide bonds. The van der Waals surface area contributed by atoms with Gasteiger partial charge in [0.25, 0.3) is 0 Å². The first-order chi connectivity index (χ1) is 10.6. The SMILES string of the molecule is O=C1C(c2csc(-c3ccc([ClH+])cc3)n2)C(=O)[C@H]2CC[C@@H]1C2. The fourth-order valence-corrected chi connectivity index (χ4v) is 4.54. The van der Waals surface area contributed by atoms with Crippen LogP contribution in [-0.2, 0) is 9.59 Å². The molecule has 1 aromatic carbocycles. The third-order valence-electron chi connectivity index (χ3n) is 4.73. The number of hydrogen-bond acceptors (Lipinski definition) is 4. The van der Waals surface area contributed by atoms with E-state index >= 15 is 0 Å². The standard InChI is InChI=1S/C17H15ClNO2S/c18-12-5-3-9(4-6-12)17-19-13(8-22-17)14-15(20)10-1-2-11(7-10)16(14)21/h3-6,8,10-11,14,18H,1-2,7H2/q+1/t10-,11+,14?. The Morgan fingerprint density at radius 2 is 1.68 bits per heavy atom. The fraction of sp³-hybridized carbons (Fsp3) is 0.353. The van der Waals surface area contributed by atoms with Gasteiger partial charge in [-0.3, -0.25) is 9.59 Å². The molecule has 1 unspecified atom stereocenters. The number of ketones is 2. The summed E-state index contributed by atoms with van der Waals surface area (Å²) in [5, 5.41) is 3.49. The molecule has 2 fully saturated rings. The highest BCUT2D eigenvalue weighted by Crippen LogP contribution is 2.44. The summed E-state index contributed by atoms with van der Waals surface area (Å²) in [7, 11) is 0. The lowest BCUT2D eigenvalue weighted by molar-refractivity contribution is -0.288. The van der Waals surface area contributed by atoms with Crippen molar-refractivity contribution in [3.63, 3.8) is 0 Å². The van der Waals surface area contributed by atoms with Gasteiger partial charge >= 0.3 is 0 Å². The molecule has 2 aromatic rings. The van der Waals surface area contributed by atoms with Gasteiger partial charge in [0.15, 0.2) is 23.2 Å². The number of benzene rings is 1. The summed E-state index contributed by atoms with van der Waals surface area (Å²) < 4.78 is 0. The van der Waals surface area contributed by atoms with Crippen molar-refractivity contribution in [2.24, 2.45) is 11.8 Å². The number of rotatable bonds is 2. The van der Waals surface area contributed by atoms with E-state index in [1.165, 1.54) is 11.3 Å². The minimum atomic E-state index is -0.630. The first kappa shape index (κ1) is 14.1. The van der Waals surface area contributed by atoms with Gasteiger partial charge in [0, 0.05) is 34.9 Å². The highest BCUT2D eigenvalue weighted by Gasteiger charge is 2.48. The van der Waals surface area contributed by atoms with E-state index in [2.05, 4.69) is 4.98 Å². The van der Waals surface area contributed by atoms with Crippen molar-refractivity contribution in [2.45, 2.75) is 25.2 Å². The summed E-state index contributed by atoms with van der Waals surface area (Å²) in [4.78, 5) is 29.6. The molecule has 0 aliphatic heterocycles. The molecule has 22 heavy (non-hydrogen) atoms. The third-order valence-corrected chi connectivity index (χ3v) is 5.91. The van der Waals surface area contributed by atoms with E-state index in [0.29, 0.717) is 5.69 Å². The summed E-state index contributed by atoms with van der Waals surface area (Å²) in [6.45, 7) is 0. The van der Waals surface area contributed by atoms with E-state index in [-0.39, 0.29) is 23.4 Å². The maximum atomic E-state index is 12.5. The van der Waals surface area contributed by atoms with E-state index in [1.54, 1.807) is 0 Å². The van der Waals surface area contributed by atoms with E-state index in [1.807, 2.05) is 29.6 Å². The number of carbonyl (C=O) groups is 2. The van der Waals surface area contributed by atoms with Crippen molar-refractivity contribution in [3.05, 3.63) is 40.4 Å². The van der Waals surface area contributed by atoms with Crippen molar-refractivity contribution >= 4 is 22.9 Å². The first-order valence-corrected chi connectivity index (χ1v) is 8.72. The van der Waals surface area contributed by atoms with Gasteiger partial charge in [0.1, 0.15) is 10.9 Å². The minimum absolute atomic E-state index is 0.0670. The van der Waals surface area contributed by atoms with Crippen LogP contribution in [0, 0.1) is 23.4 Å². The predicted octanol–water partition coefficient (Wildman–Crippen LogP) is 3.16. The summed E-state index contributed by atoms with van der Waals surface area (Å²) in [5.41, 5.74) is 1.61. The normalized spacial score (nSPS) is 27.4. The minimum Gasteiger partial charge on any atom is -0.298 e. The van der Waals surface area contributed by atoms with Crippen LogP contribution in [0.25, 0.3) is 10.6 Å². The summed E-state index contributed by atoms with van der Waals surface area (Å²) in [5.74, 6) is -0.336.